The number of hydrogen-bond acceptors (Lipinski definition) is 11. The van der Waals surface area contributed by atoms with Gasteiger partial charge in [-0.2, -0.15) is 0 Å². The minimum atomic E-state index is -1.29. The molecule has 3 atom stereocenters. The molecular weight excluding hydrogens is 660 g/mol. The van der Waals surface area contributed by atoms with Crippen LogP contribution >= 0.6 is 0 Å². The lowest BCUT2D eigenvalue weighted by Gasteiger charge is -2.25. The van der Waals surface area contributed by atoms with Gasteiger partial charge in [0.25, 0.3) is 0 Å². The second-order valence-electron chi connectivity index (χ2n) is 12.3. The molecule has 0 saturated carbocycles. The zero-order valence-electron chi connectivity index (χ0n) is 29.1. The Bertz CT molecular complexity index is 1760. The Kier molecular flexibility index (Phi) is 12.9. The summed E-state index contributed by atoms with van der Waals surface area (Å²) < 4.78 is 22.3. The van der Waals surface area contributed by atoms with E-state index in [4.69, 9.17) is 24.7 Å². The van der Waals surface area contributed by atoms with Crippen molar-refractivity contribution in [3.05, 3.63) is 76.4 Å². The number of primary amides is 1. The molecule has 1 heterocycles. The summed E-state index contributed by atoms with van der Waals surface area (Å²) in [5.74, 6) is -3.94. The van der Waals surface area contributed by atoms with Crippen molar-refractivity contribution in [1.29, 1.82) is 0 Å². The number of fused-ring (bicyclic) bond motifs is 1. The Morgan fingerprint density at radius 3 is 2.20 bits per heavy atom. The molecule has 272 valence electrons. The number of amides is 2. The number of aromatic hydroxyl groups is 3. The Balaban J connectivity index is 1.88. The highest BCUT2D eigenvalue weighted by atomic mass is 16.5. The first-order chi connectivity index (χ1) is 24.4. The molecule has 0 saturated heterocycles. The molecule has 3 aromatic carbocycles. The highest BCUT2D eigenvalue weighted by Crippen LogP contribution is 2.48. The molecule has 0 aliphatic carbocycles. The predicted molar refractivity (Wildman–Crippen MR) is 187 cm³/mol. The number of carbonyl (C=O) groups excluding carboxylic acids is 4. The number of hydrogen-bond donors (Lipinski definition) is 5. The zero-order chi connectivity index (χ0) is 37.2. The fourth-order valence-corrected chi connectivity index (χ4v) is 6.10. The van der Waals surface area contributed by atoms with Crippen molar-refractivity contribution in [3.63, 3.8) is 0 Å². The maximum atomic E-state index is 13.8. The largest absolute Gasteiger partial charge is 0.508 e. The first-order valence-corrected chi connectivity index (χ1v) is 16.5. The lowest BCUT2D eigenvalue weighted by Crippen LogP contribution is -2.38. The number of Topliss-reactive ketones (excluding diaryl/α,β-unsaturated/α-hetero) is 1. The van der Waals surface area contributed by atoms with E-state index in [1.54, 1.807) is 19.1 Å². The van der Waals surface area contributed by atoms with Gasteiger partial charge in [-0.25, -0.2) is 4.79 Å². The van der Waals surface area contributed by atoms with Gasteiger partial charge in [-0.1, -0.05) is 24.3 Å². The summed E-state index contributed by atoms with van der Waals surface area (Å²) in [5.41, 5.74) is 6.03. The molecule has 4 rings (SSSR count). The number of ketones is 1. The van der Waals surface area contributed by atoms with Crippen molar-refractivity contribution in [1.82, 2.24) is 5.32 Å². The smallest absolute Gasteiger partial charge is 0.342 e. The van der Waals surface area contributed by atoms with Gasteiger partial charge >= 0.3 is 5.97 Å². The van der Waals surface area contributed by atoms with Crippen molar-refractivity contribution in [2.75, 3.05) is 21.3 Å². The molecule has 1 aliphatic heterocycles. The van der Waals surface area contributed by atoms with Crippen LogP contribution in [0.4, 0.5) is 0 Å². The van der Waals surface area contributed by atoms with E-state index in [-0.39, 0.29) is 45.5 Å². The van der Waals surface area contributed by atoms with E-state index in [0.717, 1.165) is 0 Å². The number of phenols is 3. The van der Waals surface area contributed by atoms with E-state index >= 15 is 0 Å². The summed E-state index contributed by atoms with van der Waals surface area (Å²) in [6.07, 6.45) is 5.06. The first-order valence-electron chi connectivity index (χ1n) is 16.5. The molecule has 13 heteroatoms. The third-order valence-corrected chi connectivity index (χ3v) is 8.69. The van der Waals surface area contributed by atoms with Crippen molar-refractivity contribution < 1.29 is 53.4 Å². The van der Waals surface area contributed by atoms with Crippen LogP contribution in [-0.2, 0) is 19.1 Å². The van der Waals surface area contributed by atoms with Crippen LogP contribution < -0.4 is 25.3 Å². The van der Waals surface area contributed by atoms with Gasteiger partial charge < -0.3 is 45.3 Å². The van der Waals surface area contributed by atoms with Gasteiger partial charge in [0.15, 0.2) is 11.5 Å². The zero-order valence-corrected chi connectivity index (χ0v) is 29.1. The molecule has 0 aromatic heterocycles. The van der Waals surface area contributed by atoms with Crippen LogP contribution in [0.25, 0.3) is 6.08 Å². The van der Waals surface area contributed by atoms with E-state index in [2.05, 4.69) is 5.32 Å². The van der Waals surface area contributed by atoms with Crippen molar-refractivity contribution in [2.24, 2.45) is 5.73 Å². The molecule has 2 amide bonds. The third kappa shape index (κ3) is 9.30. The summed E-state index contributed by atoms with van der Waals surface area (Å²) in [7, 11) is 4.22. The van der Waals surface area contributed by atoms with E-state index in [9.17, 15) is 34.5 Å². The Morgan fingerprint density at radius 2 is 1.59 bits per heavy atom. The Hall–Kier alpha value is -5.72. The number of allylic oxidation sites excluding steroid dienone is 1. The number of nitrogens with one attached hydrogen (secondary N) is 1. The average Bonchev–Trinajstić information content (AvgIpc) is 3.09. The summed E-state index contributed by atoms with van der Waals surface area (Å²) in [6.45, 7) is 1.69. The SMILES string of the molecule is COc1cc(C(CC(=O)N[C@@H](C(N)=O)c2ccc(O)cc2)c2c(O)cc3c(c2O)C(=O)O[C@@H](C)CCCC(=O)CCC/C=C/3)cc(OC)c1OC. The standard InChI is InChI=1S/C38H44N2O11/c1-21-9-8-12-25(41)11-7-5-6-10-23-17-28(43)33(35(45)32(23)38(47)51-21)27(24-18-29(48-2)36(50-4)30(19-24)49-3)20-31(44)40-34(37(39)46)22-13-15-26(42)16-14-22/h6,10,13-19,21,27,34,42-43,45H,5,7-9,11-12,20H2,1-4H3,(H2,39,46)(H,40,44)/b10-6+/t21-,27?,34+/m0/s1. The molecule has 0 bridgehead atoms. The number of ether oxygens (including phenoxy) is 4. The molecule has 13 nitrogen and oxygen atoms in total. The van der Waals surface area contributed by atoms with Crippen molar-refractivity contribution in [3.8, 4) is 34.5 Å². The van der Waals surface area contributed by atoms with Crippen molar-refractivity contribution >= 4 is 29.6 Å². The van der Waals surface area contributed by atoms with Gasteiger partial charge in [-0.15, -0.1) is 0 Å². The van der Waals surface area contributed by atoms with Crippen LogP contribution in [0, 0.1) is 0 Å². The van der Waals surface area contributed by atoms with Gasteiger partial charge in [-0.3, -0.25) is 14.4 Å². The van der Waals surface area contributed by atoms with Crippen LogP contribution in [0.5, 0.6) is 34.5 Å². The molecule has 6 N–H and O–H groups in total. The molecule has 0 radical (unpaired) electrons. The maximum Gasteiger partial charge on any atom is 0.342 e. The van der Waals surface area contributed by atoms with E-state index < -0.39 is 53.8 Å². The van der Waals surface area contributed by atoms with Crippen LogP contribution in [0.15, 0.2) is 48.5 Å². The van der Waals surface area contributed by atoms with Crippen LogP contribution in [-0.4, -0.2) is 66.3 Å². The summed E-state index contributed by atoms with van der Waals surface area (Å²) in [5, 5.41) is 35.8. The van der Waals surface area contributed by atoms with Gasteiger partial charge in [0.1, 0.15) is 34.6 Å². The molecule has 3 aromatic rings. The molecule has 1 unspecified atom stereocenters. The quantitative estimate of drug-likeness (QED) is 0.174. The van der Waals surface area contributed by atoms with Gasteiger partial charge in [0, 0.05) is 30.7 Å². The number of phenolic OH excluding ortho intramolecular Hbond substituents is 3. The number of cyclic esters (lactones) is 1. The summed E-state index contributed by atoms with van der Waals surface area (Å²) >= 11 is 0. The summed E-state index contributed by atoms with van der Waals surface area (Å²) in [4.78, 5) is 52.2. The molecule has 0 fully saturated rings. The second kappa shape index (κ2) is 17.3. The van der Waals surface area contributed by atoms with Crippen molar-refractivity contribution in [2.45, 2.75) is 69.9 Å². The molecule has 1 aliphatic rings. The number of methoxy groups -OCH3 is 3. The normalized spacial score (nSPS) is 17.1. The van der Waals surface area contributed by atoms with Crippen LogP contribution in [0.2, 0.25) is 0 Å². The van der Waals surface area contributed by atoms with Gasteiger partial charge in [-0.05, 0) is 79.6 Å². The Labute approximate surface area is 296 Å². The molecule has 0 spiro atoms. The summed E-state index contributed by atoms with van der Waals surface area (Å²) in [6, 6.07) is 8.65. The predicted octanol–water partition coefficient (Wildman–Crippen LogP) is 5.18. The topological polar surface area (TPSA) is 204 Å². The maximum absolute atomic E-state index is 13.8. The van der Waals surface area contributed by atoms with Crippen LogP contribution in [0.3, 0.4) is 0 Å². The minimum absolute atomic E-state index is 0.0537. The number of nitrogens with two attached hydrogens (primary N) is 1. The number of benzene rings is 3. The van der Waals surface area contributed by atoms with Gasteiger partial charge in [0.2, 0.25) is 17.6 Å². The molecule has 51 heavy (non-hydrogen) atoms. The van der Waals surface area contributed by atoms with Gasteiger partial charge in [0.05, 0.1) is 27.4 Å². The monoisotopic (exact) mass is 704 g/mol. The number of carbonyl (C=O) groups is 4. The highest BCUT2D eigenvalue weighted by Gasteiger charge is 2.33. The highest BCUT2D eigenvalue weighted by molar-refractivity contribution is 5.98. The number of esters is 1. The lowest BCUT2D eigenvalue weighted by molar-refractivity contribution is -0.127. The third-order valence-electron chi connectivity index (χ3n) is 8.69. The second-order valence-corrected chi connectivity index (χ2v) is 12.3. The van der Waals surface area contributed by atoms with E-state index in [1.165, 1.54) is 63.8 Å². The van der Waals surface area contributed by atoms with E-state index in [1.807, 2.05) is 0 Å². The fourth-order valence-electron chi connectivity index (χ4n) is 6.10. The van der Waals surface area contributed by atoms with Crippen LogP contribution in [0.1, 0.15) is 96.4 Å². The molecular formula is C38H44N2O11. The lowest BCUT2D eigenvalue weighted by atomic mass is 9.84. The first kappa shape index (κ1) is 38.1. The fraction of sp³-hybridized carbons (Fsp3) is 0.368. The number of rotatable bonds is 10. The Morgan fingerprint density at radius 1 is 0.941 bits per heavy atom. The average molecular weight is 705 g/mol. The van der Waals surface area contributed by atoms with E-state index in [0.29, 0.717) is 49.7 Å². The minimum Gasteiger partial charge on any atom is -0.508 e.